The summed E-state index contributed by atoms with van der Waals surface area (Å²) in [6.07, 6.45) is 9.35. The van der Waals surface area contributed by atoms with Crippen molar-refractivity contribution in [3.05, 3.63) is 0 Å². The Hall–Kier alpha value is -0.120. The summed E-state index contributed by atoms with van der Waals surface area (Å²) in [6.45, 7) is 5.66. The predicted molar refractivity (Wildman–Crippen MR) is 75.6 cm³/mol. The van der Waals surface area contributed by atoms with Gasteiger partial charge >= 0.3 is 0 Å². The van der Waals surface area contributed by atoms with Gasteiger partial charge in [-0.25, -0.2) is 0 Å². The lowest BCUT2D eigenvalue weighted by molar-refractivity contribution is -0.0205. The van der Waals surface area contributed by atoms with Crippen LogP contribution in [0.2, 0.25) is 0 Å². The minimum absolute atomic E-state index is 0.285. The third-order valence-electron chi connectivity index (χ3n) is 5.44. The second-order valence-electron chi connectivity index (χ2n) is 6.20. The Kier molecular flexibility index (Phi) is 5.05. The van der Waals surface area contributed by atoms with Crippen molar-refractivity contribution < 1.29 is 4.74 Å². The average molecular weight is 254 g/mol. The van der Waals surface area contributed by atoms with E-state index in [0.29, 0.717) is 6.10 Å². The minimum Gasteiger partial charge on any atom is -0.381 e. The van der Waals surface area contributed by atoms with Gasteiger partial charge in [-0.15, -0.1) is 0 Å². The second-order valence-corrected chi connectivity index (χ2v) is 6.20. The van der Waals surface area contributed by atoms with Gasteiger partial charge in [0, 0.05) is 19.2 Å². The SMILES string of the molecule is CCC1CCN(C2(CN)CCC(OC)CC2)CC1. The molecule has 0 radical (unpaired) electrons. The molecule has 2 rings (SSSR count). The zero-order valence-electron chi connectivity index (χ0n) is 12.2. The van der Waals surface area contributed by atoms with Gasteiger partial charge in [0.15, 0.2) is 0 Å². The lowest BCUT2D eigenvalue weighted by Gasteiger charge is -2.50. The van der Waals surface area contributed by atoms with Crippen LogP contribution < -0.4 is 5.73 Å². The highest BCUT2D eigenvalue weighted by Gasteiger charge is 2.40. The fourth-order valence-electron chi connectivity index (χ4n) is 3.83. The molecule has 1 saturated heterocycles. The van der Waals surface area contributed by atoms with Crippen molar-refractivity contribution in [3.63, 3.8) is 0 Å². The Morgan fingerprint density at radius 1 is 1.17 bits per heavy atom. The third kappa shape index (κ3) is 2.89. The fraction of sp³-hybridized carbons (Fsp3) is 1.00. The van der Waals surface area contributed by atoms with Crippen molar-refractivity contribution in [2.45, 2.75) is 63.5 Å². The van der Waals surface area contributed by atoms with E-state index in [1.807, 2.05) is 7.11 Å². The van der Waals surface area contributed by atoms with Crippen LogP contribution in [0.25, 0.3) is 0 Å². The summed E-state index contributed by atoms with van der Waals surface area (Å²) in [5, 5.41) is 0. The number of likely N-dealkylation sites (tertiary alicyclic amines) is 1. The van der Waals surface area contributed by atoms with E-state index in [4.69, 9.17) is 10.5 Å². The molecule has 2 aliphatic rings. The first-order chi connectivity index (χ1) is 8.74. The number of ether oxygens (including phenoxy) is 1. The lowest BCUT2D eigenvalue weighted by atomic mass is 9.77. The first-order valence-electron chi connectivity index (χ1n) is 7.72. The standard InChI is InChI=1S/C15H30N2O/c1-3-13-6-10-17(11-7-13)15(12-16)8-4-14(18-2)5-9-15/h13-14H,3-12,16H2,1-2H3. The second kappa shape index (κ2) is 6.36. The highest BCUT2D eigenvalue weighted by Crippen LogP contribution is 2.36. The zero-order chi connectivity index (χ0) is 13.0. The van der Waals surface area contributed by atoms with E-state index >= 15 is 0 Å². The molecule has 0 bridgehead atoms. The Labute approximate surface area is 112 Å². The van der Waals surface area contributed by atoms with E-state index in [1.54, 1.807) is 0 Å². The largest absolute Gasteiger partial charge is 0.381 e. The molecular weight excluding hydrogens is 224 g/mol. The molecule has 3 heteroatoms. The zero-order valence-corrected chi connectivity index (χ0v) is 12.2. The van der Waals surface area contributed by atoms with Crippen LogP contribution >= 0.6 is 0 Å². The Bertz CT molecular complexity index is 241. The van der Waals surface area contributed by atoms with Gasteiger partial charge < -0.3 is 10.5 Å². The Morgan fingerprint density at radius 2 is 1.78 bits per heavy atom. The van der Waals surface area contributed by atoms with Crippen molar-refractivity contribution in [1.29, 1.82) is 0 Å². The third-order valence-corrected chi connectivity index (χ3v) is 5.44. The molecule has 0 aromatic carbocycles. The first kappa shape index (κ1) is 14.3. The molecule has 0 amide bonds. The molecule has 2 fully saturated rings. The average Bonchev–Trinajstić information content (AvgIpc) is 2.47. The van der Waals surface area contributed by atoms with E-state index in [-0.39, 0.29) is 5.54 Å². The van der Waals surface area contributed by atoms with Crippen molar-refractivity contribution in [2.75, 3.05) is 26.7 Å². The Balaban J connectivity index is 1.92. The van der Waals surface area contributed by atoms with Crippen LogP contribution in [0.4, 0.5) is 0 Å². The molecule has 1 aliphatic carbocycles. The number of hydrogen-bond acceptors (Lipinski definition) is 3. The van der Waals surface area contributed by atoms with Gasteiger partial charge in [0.25, 0.3) is 0 Å². The molecule has 1 saturated carbocycles. The molecule has 0 spiro atoms. The highest BCUT2D eigenvalue weighted by molar-refractivity contribution is 4.97. The van der Waals surface area contributed by atoms with Crippen molar-refractivity contribution in [2.24, 2.45) is 11.7 Å². The summed E-state index contributed by atoms with van der Waals surface area (Å²) in [5.74, 6) is 0.950. The van der Waals surface area contributed by atoms with E-state index in [9.17, 15) is 0 Å². The number of rotatable bonds is 4. The number of hydrogen-bond donors (Lipinski definition) is 1. The summed E-state index contributed by atoms with van der Waals surface area (Å²) in [5.41, 5.74) is 6.43. The monoisotopic (exact) mass is 254 g/mol. The molecule has 0 unspecified atom stereocenters. The van der Waals surface area contributed by atoms with Crippen molar-refractivity contribution in [3.8, 4) is 0 Å². The van der Waals surface area contributed by atoms with Crippen LogP contribution in [0.5, 0.6) is 0 Å². The number of methoxy groups -OCH3 is 1. The molecule has 3 nitrogen and oxygen atoms in total. The molecule has 0 atom stereocenters. The van der Waals surface area contributed by atoms with Gasteiger partial charge in [-0.1, -0.05) is 13.3 Å². The van der Waals surface area contributed by atoms with E-state index in [2.05, 4.69) is 11.8 Å². The van der Waals surface area contributed by atoms with Crippen molar-refractivity contribution >= 4 is 0 Å². The summed E-state index contributed by atoms with van der Waals surface area (Å²) in [7, 11) is 1.84. The number of nitrogens with zero attached hydrogens (tertiary/aromatic N) is 1. The quantitative estimate of drug-likeness (QED) is 0.837. The van der Waals surface area contributed by atoms with Crippen molar-refractivity contribution in [1.82, 2.24) is 4.90 Å². The summed E-state index contributed by atoms with van der Waals surface area (Å²) in [6, 6.07) is 0. The predicted octanol–water partition coefficient (Wildman–Crippen LogP) is 2.39. The van der Waals surface area contributed by atoms with Gasteiger partial charge in [0.2, 0.25) is 0 Å². The number of nitrogens with two attached hydrogens (primary N) is 1. The Morgan fingerprint density at radius 3 is 2.22 bits per heavy atom. The smallest absolute Gasteiger partial charge is 0.0572 e. The molecular formula is C15H30N2O. The van der Waals surface area contributed by atoms with Crippen LogP contribution in [0.15, 0.2) is 0 Å². The molecule has 0 aromatic rings. The van der Waals surface area contributed by atoms with Gasteiger partial charge in [-0.05, 0) is 57.5 Å². The van der Waals surface area contributed by atoms with E-state index < -0.39 is 0 Å². The van der Waals surface area contributed by atoms with E-state index in [0.717, 1.165) is 12.5 Å². The molecule has 2 N–H and O–H groups in total. The van der Waals surface area contributed by atoms with Crippen LogP contribution in [-0.4, -0.2) is 43.3 Å². The number of piperidine rings is 1. The molecule has 18 heavy (non-hydrogen) atoms. The maximum atomic E-state index is 6.14. The minimum atomic E-state index is 0.285. The van der Waals surface area contributed by atoms with Crippen LogP contribution in [-0.2, 0) is 4.74 Å². The normalized spacial score (nSPS) is 35.8. The van der Waals surface area contributed by atoms with Gasteiger partial charge in [-0.2, -0.15) is 0 Å². The van der Waals surface area contributed by atoms with Crippen LogP contribution in [0, 0.1) is 5.92 Å². The first-order valence-corrected chi connectivity index (χ1v) is 7.72. The highest BCUT2D eigenvalue weighted by atomic mass is 16.5. The molecule has 1 heterocycles. The topological polar surface area (TPSA) is 38.5 Å². The van der Waals surface area contributed by atoms with Crippen LogP contribution in [0.3, 0.4) is 0 Å². The lowest BCUT2D eigenvalue weighted by Crippen LogP contribution is -2.58. The maximum Gasteiger partial charge on any atom is 0.0572 e. The van der Waals surface area contributed by atoms with Gasteiger partial charge in [0.05, 0.1) is 6.10 Å². The molecule has 1 aliphatic heterocycles. The maximum absolute atomic E-state index is 6.14. The summed E-state index contributed by atoms with van der Waals surface area (Å²) < 4.78 is 5.49. The fourth-order valence-corrected chi connectivity index (χ4v) is 3.83. The molecule has 106 valence electrons. The van der Waals surface area contributed by atoms with Crippen LogP contribution in [0.1, 0.15) is 51.9 Å². The van der Waals surface area contributed by atoms with E-state index in [1.165, 1.54) is 58.0 Å². The summed E-state index contributed by atoms with van der Waals surface area (Å²) >= 11 is 0. The van der Waals surface area contributed by atoms with Gasteiger partial charge in [0.1, 0.15) is 0 Å². The summed E-state index contributed by atoms with van der Waals surface area (Å²) in [4.78, 5) is 2.70. The molecule has 0 aromatic heterocycles. The van der Waals surface area contributed by atoms with Gasteiger partial charge in [-0.3, -0.25) is 4.90 Å².